The maximum Gasteiger partial charge on any atom is 0.252 e. The van der Waals surface area contributed by atoms with E-state index in [0.29, 0.717) is 17.2 Å². The topological polar surface area (TPSA) is 134 Å². The molecule has 0 aliphatic rings. The molecule has 112 valence electrons. The maximum absolute atomic E-state index is 12.3. The van der Waals surface area contributed by atoms with Crippen LogP contribution in [0.4, 0.5) is 5.82 Å². The summed E-state index contributed by atoms with van der Waals surface area (Å²) in [7, 11) is 0. The van der Waals surface area contributed by atoms with E-state index in [2.05, 4.69) is 36.4 Å². The average molecular weight is 290 g/mol. The van der Waals surface area contributed by atoms with Gasteiger partial charge in [-0.05, 0) is 25.0 Å². The van der Waals surface area contributed by atoms with Crippen LogP contribution in [0.3, 0.4) is 0 Å². The number of hydrogen-bond acceptors (Lipinski definition) is 7. The highest BCUT2D eigenvalue weighted by atomic mass is 16.1. The van der Waals surface area contributed by atoms with Gasteiger partial charge >= 0.3 is 0 Å². The zero-order valence-electron chi connectivity index (χ0n) is 12.1. The fourth-order valence-electron chi connectivity index (χ4n) is 1.75. The van der Waals surface area contributed by atoms with Crippen molar-refractivity contribution in [3.8, 4) is 0 Å². The van der Waals surface area contributed by atoms with E-state index in [4.69, 9.17) is 5.84 Å². The Morgan fingerprint density at radius 1 is 1.33 bits per heavy atom. The fraction of sp³-hybridized carbons (Fsp3) is 0.417. The zero-order chi connectivity index (χ0) is 15.4. The van der Waals surface area contributed by atoms with Crippen molar-refractivity contribution in [3.05, 3.63) is 29.2 Å². The SMILES string of the molecule is CC(C)c1cc(C(=O)NC(C)c2nn[nH]n2)cc(NN)n1. The van der Waals surface area contributed by atoms with Crippen LogP contribution in [0.2, 0.25) is 0 Å². The molecule has 0 fully saturated rings. The Kier molecular flexibility index (Phi) is 4.43. The summed E-state index contributed by atoms with van der Waals surface area (Å²) in [4.78, 5) is 16.6. The number of tetrazole rings is 1. The van der Waals surface area contributed by atoms with E-state index in [1.165, 1.54) is 0 Å². The van der Waals surface area contributed by atoms with Gasteiger partial charge < -0.3 is 10.7 Å². The first-order valence-corrected chi connectivity index (χ1v) is 6.54. The monoisotopic (exact) mass is 290 g/mol. The highest BCUT2D eigenvalue weighted by molar-refractivity contribution is 5.95. The number of aromatic amines is 1. The number of rotatable bonds is 5. The molecule has 0 bridgehead atoms. The van der Waals surface area contributed by atoms with Crippen LogP contribution in [-0.4, -0.2) is 31.5 Å². The second-order valence-electron chi connectivity index (χ2n) is 4.93. The number of amides is 1. The number of nitrogen functional groups attached to an aromatic ring is 1. The quantitative estimate of drug-likeness (QED) is 0.465. The third-order valence-electron chi connectivity index (χ3n) is 2.94. The number of anilines is 1. The van der Waals surface area contributed by atoms with Crippen molar-refractivity contribution in [2.24, 2.45) is 5.84 Å². The third-order valence-corrected chi connectivity index (χ3v) is 2.94. The molecule has 5 N–H and O–H groups in total. The predicted molar refractivity (Wildman–Crippen MR) is 76.2 cm³/mol. The summed E-state index contributed by atoms with van der Waals surface area (Å²) in [6.07, 6.45) is 0. The van der Waals surface area contributed by atoms with Crippen LogP contribution in [0.15, 0.2) is 12.1 Å². The molecule has 0 radical (unpaired) electrons. The predicted octanol–water partition coefficient (Wildman–Crippen LogP) is 0.495. The normalized spacial score (nSPS) is 12.2. The van der Waals surface area contributed by atoms with Gasteiger partial charge in [0.15, 0.2) is 5.82 Å². The molecule has 0 aliphatic heterocycles. The molecule has 0 saturated heterocycles. The first-order chi connectivity index (χ1) is 10.0. The van der Waals surface area contributed by atoms with Gasteiger partial charge in [0, 0.05) is 11.3 Å². The van der Waals surface area contributed by atoms with Crippen molar-refractivity contribution in [1.29, 1.82) is 0 Å². The Morgan fingerprint density at radius 3 is 2.67 bits per heavy atom. The van der Waals surface area contributed by atoms with E-state index in [0.717, 1.165) is 5.69 Å². The first kappa shape index (κ1) is 14.9. The van der Waals surface area contributed by atoms with E-state index in [-0.39, 0.29) is 17.9 Å². The van der Waals surface area contributed by atoms with Crippen LogP contribution >= 0.6 is 0 Å². The molecule has 0 aliphatic carbocycles. The lowest BCUT2D eigenvalue weighted by Crippen LogP contribution is -2.28. The minimum Gasteiger partial charge on any atom is -0.342 e. The standard InChI is InChI=1S/C12H18N8O/c1-6(2)9-4-8(5-10(15-9)16-13)12(21)14-7(3)11-17-19-20-18-11/h4-7H,13H2,1-3H3,(H,14,21)(H,15,16)(H,17,18,19,20). The lowest BCUT2D eigenvalue weighted by Gasteiger charge is -2.13. The zero-order valence-corrected chi connectivity index (χ0v) is 12.1. The van der Waals surface area contributed by atoms with Crippen molar-refractivity contribution < 1.29 is 4.79 Å². The minimum atomic E-state index is -0.360. The maximum atomic E-state index is 12.3. The molecule has 1 atom stereocenters. The van der Waals surface area contributed by atoms with E-state index in [1.54, 1.807) is 19.1 Å². The number of carbonyl (C=O) groups is 1. The van der Waals surface area contributed by atoms with E-state index < -0.39 is 0 Å². The van der Waals surface area contributed by atoms with Gasteiger partial charge in [0.05, 0.1) is 6.04 Å². The number of nitrogens with zero attached hydrogens (tertiary/aromatic N) is 4. The number of carbonyl (C=O) groups excluding carboxylic acids is 1. The van der Waals surface area contributed by atoms with Crippen LogP contribution in [-0.2, 0) is 0 Å². The number of aromatic nitrogens is 5. The molecular formula is C12H18N8O. The molecule has 0 spiro atoms. The summed E-state index contributed by atoms with van der Waals surface area (Å²) in [6, 6.07) is 2.97. The molecule has 2 heterocycles. The number of H-pyrrole nitrogens is 1. The van der Waals surface area contributed by atoms with Crippen molar-refractivity contribution in [1.82, 2.24) is 30.9 Å². The first-order valence-electron chi connectivity index (χ1n) is 6.54. The van der Waals surface area contributed by atoms with Gasteiger partial charge in [0.2, 0.25) is 0 Å². The van der Waals surface area contributed by atoms with Gasteiger partial charge in [-0.1, -0.05) is 19.1 Å². The Hall–Kier alpha value is -2.55. The summed E-state index contributed by atoms with van der Waals surface area (Å²) in [5.41, 5.74) is 3.72. The summed E-state index contributed by atoms with van der Waals surface area (Å²) in [5, 5.41) is 16.3. The van der Waals surface area contributed by atoms with Crippen LogP contribution < -0.4 is 16.6 Å². The van der Waals surface area contributed by atoms with Gasteiger partial charge in [-0.2, -0.15) is 5.21 Å². The van der Waals surface area contributed by atoms with Gasteiger partial charge in [-0.25, -0.2) is 10.8 Å². The molecule has 2 rings (SSSR count). The van der Waals surface area contributed by atoms with Gasteiger partial charge in [-0.15, -0.1) is 10.2 Å². The number of nitrogens with two attached hydrogens (primary N) is 1. The Bertz CT molecular complexity index is 610. The average Bonchev–Trinajstić information content (AvgIpc) is 3.00. The number of hydrogen-bond donors (Lipinski definition) is 4. The third kappa shape index (κ3) is 3.51. The number of hydrazine groups is 1. The molecule has 0 saturated carbocycles. The fourth-order valence-corrected chi connectivity index (χ4v) is 1.75. The van der Waals surface area contributed by atoms with Gasteiger partial charge in [-0.3, -0.25) is 4.79 Å². The highest BCUT2D eigenvalue weighted by Crippen LogP contribution is 2.18. The van der Waals surface area contributed by atoms with Gasteiger partial charge in [0.1, 0.15) is 5.82 Å². The van der Waals surface area contributed by atoms with E-state index in [9.17, 15) is 4.79 Å². The molecular weight excluding hydrogens is 272 g/mol. The van der Waals surface area contributed by atoms with Crippen LogP contribution in [0, 0.1) is 0 Å². The smallest absolute Gasteiger partial charge is 0.252 e. The van der Waals surface area contributed by atoms with Crippen LogP contribution in [0.5, 0.6) is 0 Å². The second-order valence-corrected chi connectivity index (χ2v) is 4.93. The highest BCUT2D eigenvalue weighted by Gasteiger charge is 2.16. The molecule has 2 aromatic heterocycles. The summed E-state index contributed by atoms with van der Waals surface area (Å²) in [5.74, 6) is 6.17. The van der Waals surface area contributed by atoms with E-state index in [1.807, 2.05) is 13.8 Å². The van der Waals surface area contributed by atoms with Crippen LogP contribution in [0.1, 0.15) is 54.6 Å². The summed E-state index contributed by atoms with van der Waals surface area (Å²) in [6.45, 7) is 5.76. The molecule has 0 aromatic carbocycles. The summed E-state index contributed by atoms with van der Waals surface area (Å²) < 4.78 is 0. The molecule has 2 aromatic rings. The molecule has 1 unspecified atom stereocenters. The summed E-state index contributed by atoms with van der Waals surface area (Å²) >= 11 is 0. The molecule has 9 nitrogen and oxygen atoms in total. The Morgan fingerprint density at radius 2 is 2.10 bits per heavy atom. The van der Waals surface area contributed by atoms with Crippen molar-refractivity contribution >= 4 is 11.7 Å². The van der Waals surface area contributed by atoms with Crippen LogP contribution in [0.25, 0.3) is 0 Å². The Labute approximate surface area is 121 Å². The number of pyridine rings is 1. The Balaban J connectivity index is 2.20. The van der Waals surface area contributed by atoms with Crippen molar-refractivity contribution in [3.63, 3.8) is 0 Å². The van der Waals surface area contributed by atoms with Gasteiger partial charge in [0.25, 0.3) is 5.91 Å². The molecule has 1 amide bonds. The largest absolute Gasteiger partial charge is 0.342 e. The van der Waals surface area contributed by atoms with Crippen molar-refractivity contribution in [2.45, 2.75) is 32.7 Å². The number of nitrogens with one attached hydrogen (secondary N) is 3. The van der Waals surface area contributed by atoms with E-state index >= 15 is 0 Å². The van der Waals surface area contributed by atoms with Crippen molar-refractivity contribution in [2.75, 3.05) is 5.43 Å². The molecule has 9 heteroatoms. The second kappa shape index (κ2) is 6.27. The molecule has 21 heavy (non-hydrogen) atoms. The lowest BCUT2D eigenvalue weighted by atomic mass is 10.1. The lowest BCUT2D eigenvalue weighted by molar-refractivity contribution is 0.0938. The minimum absolute atomic E-state index is 0.180.